The van der Waals surface area contributed by atoms with Crippen molar-refractivity contribution in [3.63, 3.8) is 0 Å². The molecule has 0 spiro atoms. The van der Waals surface area contributed by atoms with Gasteiger partial charge in [-0.1, -0.05) is 60.7 Å². The fourth-order valence-electron chi connectivity index (χ4n) is 3.22. The molecule has 1 amide bonds. The lowest BCUT2D eigenvalue weighted by molar-refractivity contribution is -0.119. The van der Waals surface area contributed by atoms with E-state index in [0.29, 0.717) is 17.9 Å². The van der Waals surface area contributed by atoms with Crippen molar-refractivity contribution in [2.24, 2.45) is 4.99 Å². The molecule has 0 bridgehead atoms. The first-order valence-corrected chi connectivity index (χ1v) is 10.2. The highest BCUT2D eigenvalue weighted by molar-refractivity contribution is 14.0. The molecule has 156 valence electrons. The van der Waals surface area contributed by atoms with Crippen LogP contribution in [0.25, 0.3) is 0 Å². The summed E-state index contributed by atoms with van der Waals surface area (Å²) in [7, 11) is 0. The van der Waals surface area contributed by atoms with Gasteiger partial charge in [0.15, 0.2) is 5.96 Å². The van der Waals surface area contributed by atoms with E-state index in [2.05, 4.69) is 69.5 Å². The lowest BCUT2D eigenvalue weighted by Crippen LogP contribution is -2.39. The number of nitrogens with one attached hydrogen (secondary N) is 3. The largest absolute Gasteiger partial charge is 0.357 e. The third kappa shape index (κ3) is 8.04. The number of benzene rings is 2. The summed E-state index contributed by atoms with van der Waals surface area (Å²) in [6, 6.07) is 21.5. The van der Waals surface area contributed by atoms with Gasteiger partial charge in [-0.3, -0.25) is 4.79 Å². The molecule has 0 heterocycles. The molecule has 3 N–H and O–H groups in total. The summed E-state index contributed by atoms with van der Waals surface area (Å²) < 4.78 is 0. The number of aliphatic imine (C=N–C) groups is 1. The summed E-state index contributed by atoms with van der Waals surface area (Å²) in [5.74, 6) is 0.996. The molecule has 29 heavy (non-hydrogen) atoms. The third-order valence-corrected chi connectivity index (χ3v) is 4.80. The number of carbonyl (C=O) groups excluding carboxylic acids is 1. The van der Waals surface area contributed by atoms with Crippen LogP contribution in [0.15, 0.2) is 65.7 Å². The van der Waals surface area contributed by atoms with Crippen LogP contribution in [0.5, 0.6) is 0 Å². The molecule has 1 fully saturated rings. The molecule has 1 aliphatic carbocycles. The zero-order valence-electron chi connectivity index (χ0n) is 16.9. The van der Waals surface area contributed by atoms with Crippen LogP contribution in [-0.2, 0) is 4.79 Å². The number of nitrogens with zero attached hydrogens (tertiary/aromatic N) is 1. The summed E-state index contributed by atoms with van der Waals surface area (Å²) in [5, 5.41) is 9.56. The van der Waals surface area contributed by atoms with E-state index in [1.807, 2.05) is 19.1 Å². The zero-order chi connectivity index (χ0) is 19.6. The molecule has 0 saturated heterocycles. The fourth-order valence-corrected chi connectivity index (χ4v) is 3.22. The lowest BCUT2D eigenvalue weighted by atomic mass is 9.88. The maximum absolute atomic E-state index is 11.9. The molecule has 3 rings (SSSR count). The van der Waals surface area contributed by atoms with Gasteiger partial charge in [-0.2, -0.15) is 0 Å². The number of amides is 1. The van der Waals surface area contributed by atoms with Crippen LogP contribution in [0.1, 0.15) is 43.2 Å². The minimum atomic E-state index is -0.00819. The summed E-state index contributed by atoms with van der Waals surface area (Å²) >= 11 is 0. The van der Waals surface area contributed by atoms with Gasteiger partial charge in [0.2, 0.25) is 5.91 Å². The Morgan fingerprint density at radius 2 is 1.59 bits per heavy atom. The summed E-state index contributed by atoms with van der Waals surface area (Å²) in [6.45, 7) is 3.71. The third-order valence-electron chi connectivity index (χ3n) is 4.80. The summed E-state index contributed by atoms with van der Waals surface area (Å²) in [4.78, 5) is 16.3. The fraction of sp³-hybridized carbons (Fsp3) is 0.391. The van der Waals surface area contributed by atoms with Crippen molar-refractivity contribution in [2.45, 2.75) is 38.1 Å². The van der Waals surface area contributed by atoms with E-state index in [1.165, 1.54) is 11.1 Å². The Labute approximate surface area is 190 Å². The van der Waals surface area contributed by atoms with E-state index >= 15 is 0 Å². The van der Waals surface area contributed by atoms with Crippen molar-refractivity contribution in [1.29, 1.82) is 0 Å². The average Bonchev–Trinajstić information content (AvgIpc) is 3.54. The molecule has 1 saturated carbocycles. The number of halogens is 1. The molecule has 0 aliphatic heterocycles. The summed E-state index contributed by atoms with van der Waals surface area (Å²) in [6.07, 6.45) is 3.12. The van der Waals surface area contributed by atoms with Gasteiger partial charge in [-0.25, -0.2) is 4.99 Å². The van der Waals surface area contributed by atoms with Crippen LogP contribution in [-0.4, -0.2) is 37.5 Å². The second-order valence-electron chi connectivity index (χ2n) is 7.13. The molecule has 0 aromatic heterocycles. The lowest BCUT2D eigenvalue weighted by Gasteiger charge is -2.19. The molecule has 0 atom stereocenters. The molecule has 2 aromatic rings. The van der Waals surface area contributed by atoms with Gasteiger partial charge in [-0.15, -0.1) is 24.0 Å². The van der Waals surface area contributed by atoms with E-state index in [4.69, 9.17) is 0 Å². The SMILES string of the molecule is CCNC(=NCC(=O)NC1CC1)NCCC(c1ccccc1)c1ccccc1.I. The van der Waals surface area contributed by atoms with Crippen LogP contribution in [0.3, 0.4) is 0 Å². The normalized spacial score (nSPS) is 13.5. The van der Waals surface area contributed by atoms with Gasteiger partial charge < -0.3 is 16.0 Å². The molecule has 0 radical (unpaired) electrons. The summed E-state index contributed by atoms with van der Waals surface area (Å²) in [5.41, 5.74) is 2.61. The van der Waals surface area contributed by atoms with Gasteiger partial charge in [0.05, 0.1) is 0 Å². The molecule has 5 nitrogen and oxygen atoms in total. The van der Waals surface area contributed by atoms with Gasteiger partial charge in [0.25, 0.3) is 0 Å². The van der Waals surface area contributed by atoms with Gasteiger partial charge in [-0.05, 0) is 37.3 Å². The first-order chi connectivity index (χ1) is 13.8. The van der Waals surface area contributed by atoms with Gasteiger partial charge >= 0.3 is 0 Å². The maximum Gasteiger partial charge on any atom is 0.242 e. The quantitative estimate of drug-likeness (QED) is 0.276. The minimum Gasteiger partial charge on any atom is -0.357 e. The first-order valence-electron chi connectivity index (χ1n) is 10.2. The van der Waals surface area contributed by atoms with E-state index in [0.717, 1.165) is 32.4 Å². The van der Waals surface area contributed by atoms with E-state index in [9.17, 15) is 4.79 Å². The second kappa shape index (κ2) is 12.5. The number of hydrogen-bond acceptors (Lipinski definition) is 2. The second-order valence-corrected chi connectivity index (χ2v) is 7.13. The number of rotatable bonds is 9. The molecule has 0 unspecified atom stereocenters. The smallest absolute Gasteiger partial charge is 0.242 e. The monoisotopic (exact) mass is 506 g/mol. The molecular weight excluding hydrogens is 475 g/mol. The van der Waals surface area contributed by atoms with Crippen LogP contribution >= 0.6 is 24.0 Å². The number of hydrogen-bond donors (Lipinski definition) is 3. The Balaban J connectivity index is 0.00000300. The predicted molar refractivity (Wildman–Crippen MR) is 130 cm³/mol. The van der Waals surface area contributed by atoms with E-state index < -0.39 is 0 Å². The minimum absolute atomic E-state index is 0. The highest BCUT2D eigenvalue weighted by Crippen LogP contribution is 2.27. The highest BCUT2D eigenvalue weighted by atomic mass is 127. The number of carbonyl (C=O) groups is 1. The Morgan fingerprint density at radius 1 is 1.00 bits per heavy atom. The van der Waals surface area contributed by atoms with Crippen molar-refractivity contribution in [2.75, 3.05) is 19.6 Å². The van der Waals surface area contributed by atoms with Gasteiger partial charge in [0, 0.05) is 25.0 Å². The maximum atomic E-state index is 11.9. The molecule has 2 aromatic carbocycles. The highest BCUT2D eigenvalue weighted by Gasteiger charge is 2.22. The molecular formula is C23H31IN4O. The van der Waals surface area contributed by atoms with Crippen LogP contribution in [0.2, 0.25) is 0 Å². The Hall–Kier alpha value is -2.09. The van der Waals surface area contributed by atoms with Crippen molar-refractivity contribution in [3.05, 3.63) is 71.8 Å². The molecule has 6 heteroatoms. The van der Waals surface area contributed by atoms with Crippen LogP contribution in [0.4, 0.5) is 0 Å². The van der Waals surface area contributed by atoms with Crippen molar-refractivity contribution < 1.29 is 4.79 Å². The van der Waals surface area contributed by atoms with Gasteiger partial charge in [0.1, 0.15) is 6.54 Å². The van der Waals surface area contributed by atoms with Crippen molar-refractivity contribution >= 4 is 35.8 Å². The Morgan fingerprint density at radius 3 is 2.10 bits per heavy atom. The molecule has 1 aliphatic rings. The Kier molecular flexibility index (Phi) is 9.97. The van der Waals surface area contributed by atoms with Crippen LogP contribution < -0.4 is 16.0 Å². The van der Waals surface area contributed by atoms with E-state index in [1.54, 1.807) is 0 Å². The standard InChI is InChI=1S/C23H30N4O.HI/c1-2-24-23(26-17-22(28)27-20-13-14-20)25-16-15-21(18-9-5-3-6-10-18)19-11-7-4-8-12-19;/h3-12,20-21H,2,13-17H2,1H3,(H,27,28)(H2,24,25,26);1H. The number of guanidine groups is 1. The zero-order valence-corrected chi connectivity index (χ0v) is 19.3. The van der Waals surface area contributed by atoms with E-state index in [-0.39, 0.29) is 36.4 Å². The first kappa shape index (κ1) is 23.2. The van der Waals surface area contributed by atoms with Crippen LogP contribution in [0, 0.1) is 0 Å². The average molecular weight is 506 g/mol. The van der Waals surface area contributed by atoms with Crippen molar-refractivity contribution in [3.8, 4) is 0 Å². The topological polar surface area (TPSA) is 65.5 Å². The Bertz CT molecular complexity index is 723. The predicted octanol–water partition coefficient (Wildman–Crippen LogP) is 3.66. The van der Waals surface area contributed by atoms with Crippen molar-refractivity contribution in [1.82, 2.24) is 16.0 Å².